The van der Waals surface area contributed by atoms with Crippen molar-refractivity contribution < 1.29 is 46.1 Å². The summed E-state index contributed by atoms with van der Waals surface area (Å²) in [6, 6.07) is 5.44. The molecule has 0 unspecified atom stereocenters. The predicted molar refractivity (Wildman–Crippen MR) is 144 cm³/mol. The molecule has 1 aliphatic carbocycles. The Balaban J connectivity index is 1.29. The lowest BCUT2D eigenvalue weighted by molar-refractivity contribution is -0.286. The maximum atomic E-state index is 14.2. The van der Waals surface area contributed by atoms with Crippen LogP contribution in [-0.2, 0) is 17.4 Å². The Bertz CT molecular complexity index is 1610. The summed E-state index contributed by atoms with van der Waals surface area (Å²) >= 11 is 0. The summed E-state index contributed by atoms with van der Waals surface area (Å²) < 4.78 is 85.5. The Labute approximate surface area is 248 Å². The number of hydrogen-bond donors (Lipinski definition) is 1. The molecule has 1 saturated heterocycles. The first kappa shape index (κ1) is 29.7. The lowest BCUT2D eigenvalue weighted by Gasteiger charge is -2.34. The standard InChI is InChI=1S/C30H27F5N4O5/c1-2-23(18-6-7-24-25(12-18)44-30(34,35)43-24)42-21-13-20(14-36-15-21)39-26-19(16-38-10-8-17(9-11-38)28(40)41)4-3-5-22(26)27(37-39)29(31,32)33/h1,6-7,12-15,17,19,23H,3-5,8-11,16H2,(H,40,41)/t19-,23-/m0/s1. The summed E-state index contributed by atoms with van der Waals surface area (Å²) in [6.45, 7) is 1.55. The van der Waals surface area contributed by atoms with Crippen molar-refractivity contribution in [3.05, 3.63) is 59.2 Å². The highest BCUT2D eigenvalue weighted by Crippen LogP contribution is 2.44. The molecule has 232 valence electrons. The number of carboxylic acids is 1. The van der Waals surface area contributed by atoms with E-state index in [2.05, 4.69) is 30.4 Å². The maximum absolute atomic E-state index is 14.2. The van der Waals surface area contributed by atoms with Crippen LogP contribution in [0.3, 0.4) is 0 Å². The minimum atomic E-state index is -4.68. The van der Waals surface area contributed by atoms with E-state index in [1.54, 1.807) is 0 Å². The van der Waals surface area contributed by atoms with Crippen molar-refractivity contribution in [2.45, 2.75) is 56.6 Å². The van der Waals surface area contributed by atoms with E-state index in [0.717, 1.165) is 0 Å². The van der Waals surface area contributed by atoms with Crippen LogP contribution in [0.5, 0.6) is 17.2 Å². The van der Waals surface area contributed by atoms with E-state index in [1.807, 2.05) is 0 Å². The summed E-state index contributed by atoms with van der Waals surface area (Å²) in [5, 5.41) is 13.4. The van der Waals surface area contributed by atoms with Gasteiger partial charge in [-0.05, 0) is 57.3 Å². The molecule has 3 aliphatic rings. The van der Waals surface area contributed by atoms with Gasteiger partial charge in [-0.2, -0.15) is 18.3 Å². The van der Waals surface area contributed by atoms with Crippen molar-refractivity contribution in [3.8, 4) is 35.3 Å². The maximum Gasteiger partial charge on any atom is 0.586 e. The molecule has 0 radical (unpaired) electrons. The van der Waals surface area contributed by atoms with Crippen LogP contribution in [0.4, 0.5) is 22.0 Å². The smallest absolute Gasteiger partial charge is 0.481 e. The zero-order valence-electron chi connectivity index (χ0n) is 23.2. The second kappa shape index (κ2) is 11.3. The van der Waals surface area contributed by atoms with Gasteiger partial charge in [-0.3, -0.25) is 9.78 Å². The summed E-state index contributed by atoms with van der Waals surface area (Å²) in [6.07, 6.45) is 1.20. The van der Waals surface area contributed by atoms with E-state index >= 15 is 0 Å². The number of aromatic nitrogens is 3. The molecule has 0 bridgehead atoms. The molecule has 1 N–H and O–H groups in total. The summed E-state index contributed by atoms with van der Waals surface area (Å²) in [5.74, 6) is 0.630. The summed E-state index contributed by atoms with van der Waals surface area (Å²) in [5.41, 5.74) is 0.159. The van der Waals surface area contributed by atoms with Gasteiger partial charge in [0.15, 0.2) is 23.3 Å². The van der Waals surface area contributed by atoms with Gasteiger partial charge in [-0.1, -0.05) is 12.0 Å². The Morgan fingerprint density at radius 3 is 2.61 bits per heavy atom. The van der Waals surface area contributed by atoms with Crippen LogP contribution in [0.2, 0.25) is 0 Å². The normalized spacial score (nSPS) is 20.5. The molecule has 44 heavy (non-hydrogen) atoms. The van der Waals surface area contributed by atoms with Crippen LogP contribution >= 0.6 is 0 Å². The van der Waals surface area contributed by atoms with Gasteiger partial charge in [0.1, 0.15) is 5.75 Å². The topological polar surface area (TPSA) is 98.9 Å². The number of nitrogens with zero attached hydrogens (tertiary/aromatic N) is 4. The highest BCUT2D eigenvalue weighted by Gasteiger charge is 2.44. The number of rotatable bonds is 7. The number of aliphatic carboxylic acids is 1. The fraction of sp³-hybridized carbons (Fsp3) is 0.433. The van der Waals surface area contributed by atoms with Gasteiger partial charge >= 0.3 is 18.4 Å². The van der Waals surface area contributed by atoms with Gasteiger partial charge in [-0.25, -0.2) is 4.68 Å². The third kappa shape index (κ3) is 5.88. The number of halogens is 5. The number of piperidine rings is 1. The van der Waals surface area contributed by atoms with Gasteiger partial charge in [0.25, 0.3) is 0 Å². The van der Waals surface area contributed by atoms with Crippen LogP contribution in [0.15, 0.2) is 36.7 Å². The largest absolute Gasteiger partial charge is 0.586 e. The molecule has 1 fully saturated rings. The van der Waals surface area contributed by atoms with E-state index in [1.165, 1.54) is 41.3 Å². The average molecular weight is 619 g/mol. The predicted octanol–water partition coefficient (Wildman–Crippen LogP) is 5.58. The Kier molecular flexibility index (Phi) is 7.61. The fourth-order valence-corrected chi connectivity index (χ4v) is 6.12. The number of carboxylic acid groups (broad SMARTS) is 1. The molecule has 1 aromatic carbocycles. The SMILES string of the molecule is C#C[C@H](Oc1cncc(-n2nc(C(F)(F)F)c3c2[C@H](CN2CCC(C(=O)O)CC2)CCC3)c1)c1ccc2c(c1)OC(F)(F)O2. The van der Waals surface area contributed by atoms with Gasteiger partial charge in [0.2, 0.25) is 0 Å². The van der Waals surface area contributed by atoms with Gasteiger partial charge in [-0.15, -0.1) is 15.2 Å². The highest BCUT2D eigenvalue weighted by atomic mass is 19.4. The summed E-state index contributed by atoms with van der Waals surface area (Å²) in [4.78, 5) is 17.6. The average Bonchev–Trinajstić information content (AvgIpc) is 3.53. The van der Waals surface area contributed by atoms with Gasteiger partial charge in [0.05, 0.1) is 29.7 Å². The molecule has 2 aliphatic heterocycles. The number of alkyl halides is 5. The fourth-order valence-electron chi connectivity index (χ4n) is 6.12. The molecule has 2 atom stereocenters. The number of hydrogen-bond acceptors (Lipinski definition) is 7. The van der Waals surface area contributed by atoms with E-state index in [0.29, 0.717) is 56.6 Å². The Morgan fingerprint density at radius 2 is 1.91 bits per heavy atom. The van der Waals surface area contributed by atoms with Gasteiger partial charge < -0.3 is 24.2 Å². The van der Waals surface area contributed by atoms with Crippen molar-refractivity contribution in [3.63, 3.8) is 0 Å². The van der Waals surface area contributed by atoms with Crippen molar-refractivity contribution >= 4 is 5.97 Å². The second-order valence-electron chi connectivity index (χ2n) is 11.0. The first-order valence-corrected chi connectivity index (χ1v) is 14.0. The lowest BCUT2D eigenvalue weighted by Crippen LogP contribution is -2.39. The molecular weight excluding hydrogens is 591 g/mol. The molecule has 0 spiro atoms. The molecule has 3 aromatic rings. The third-order valence-corrected chi connectivity index (χ3v) is 8.15. The quantitative estimate of drug-likeness (QED) is 0.271. The number of terminal acetylenes is 1. The van der Waals surface area contributed by atoms with Crippen molar-refractivity contribution in [1.82, 2.24) is 19.7 Å². The number of likely N-dealkylation sites (tertiary alicyclic amines) is 1. The molecule has 4 heterocycles. The molecular formula is C30H27F5N4O5. The number of benzene rings is 1. The highest BCUT2D eigenvalue weighted by molar-refractivity contribution is 5.70. The Morgan fingerprint density at radius 1 is 1.16 bits per heavy atom. The van der Waals surface area contributed by atoms with Crippen LogP contribution in [0.1, 0.15) is 60.2 Å². The monoisotopic (exact) mass is 618 g/mol. The second-order valence-corrected chi connectivity index (χ2v) is 11.0. The molecule has 9 nitrogen and oxygen atoms in total. The zero-order valence-corrected chi connectivity index (χ0v) is 23.2. The molecule has 14 heteroatoms. The van der Waals surface area contributed by atoms with Crippen molar-refractivity contribution in [2.24, 2.45) is 5.92 Å². The molecule has 6 rings (SSSR count). The van der Waals surface area contributed by atoms with Crippen molar-refractivity contribution in [1.29, 1.82) is 0 Å². The minimum Gasteiger partial charge on any atom is -0.481 e. The van der Waals surface area contributed by atoms with Crippen molar-refractivity contribution in [2.75, 3.05) is 19.6 Å². The first-order valence-electron chi connectivity index (χ1n) is 14.0. The molecule has 2 aromatic heterocycles. The van der Waals surface area contributed by atoms with E-state index < -0.39 is 36.2 Å². The number of ether oxygens (including phenoxy) is 3. The lowest BCUT2D eigenvalue weighted by atomic mass is 9.85. The molecule has 0 amide bonds. The van der Waals surface area contributed by atoms with E-state index in [4.69, 9.17) is 11.2 Å². The van der Waals surface area contributed by atoms with E-state index in [9.17, 15) is 31.9 Å². The minimum absolute atomic E-state index is 0.120. The Hall–Kier alpha value is -4.38. The number of pyridine rings is 1. The third-order valence-electron chi connectivity index (χ3n) is 8.15. The zero-order chi connectivity index (χ0) is 31.2. The molecule has 0 saturated carbocycles. The van der Waals surface area contributed by atoms with Crippen LogP contribution in [-0.4, -0.2) is 56.7 Å². The first-order chi connectivity index (χ1) is 20.9. The van der Waals surface area contributed by atoms with Gasteiger partial charge in [0, 0.05) is 29.7 Å². The number of fused-ring (bicyclic) bond motifs is 2. The van der Waals surface area contributed by atoms with Crippen LogP contribution < -0.4 is 14.2 Å². The number of carbonyl (C=O) groups is 1. The summed E-state index contributed by atoms with van der Waals surface area (Å²) in [7, 11) is 0. The van der Waals surface area contributed by atoms with E-state index in [-0.39, 0.29) is 40.8 Å². The van der Waals surface area contributed by atoms with Crippen LogP contribution in [0, 0.1) is 18.3 Å². The van der Waals surface area contributed by atoms with Crippen LogP contribution in [0.25, 0.3) is 5.69 Å².